The normalized spacial score (nSPS) is 20.3. The van der Waals surface area contributed by atoms with E-state index >= 15 is 0 Å². The van der Waals surface area contributed by atoms with E-state index in [1.54, 1.807) is 0 Å². The molecule has 1 aromatic heterocycles. The lowest BCUT2D eigenvalue weighted by atomic mass is 10.2. The first kappa shape index (κ1) is 10.5. The van der Waals surface area contributed by atoms with Crippen LogP contribution >= 0.6 is 11.8 Å². The molecule has 1 aliphatic heterocycles. The number of rotatable bonds is 3. The van der Waals surface area contributed by atoms with Gasteiger partial charge in [-0.3, -0.25) is 0 Å². The fourth-order valence-electron chi connectivity index (χ4n) is 1.61. The third kappa shape index (κ3) is 2.75. The zero-order valence-corrected chi connectivity index (χ0v) is 9.90. The van der Waals surface area contributed by atoms with Crippen LogP contribution < -0.4 is 10.6 Å². The lowest BCUT2D eigenvalue weighted by Crippen LogP contribution is -2.19. The number of aromatic nitrogens is 2. The van der Waals surface area contributed by atoms with Crippen molar-refractivity contribution in [1.29, 1.82) is 0 Å². The van der Waals surface area contributed by atoms with Crippen LogP contribution in [0, 0.1) is 6.92 Å². The first-order chi connectivity index (χ1) is 7.28. The molecule has 2 rings (SSSR count). The van der Waals surface area contributed by atoms with Crippen molar-refractivity contribution in [3.8, 4) is 0 Å². The number of nitrogens with zero attached hydrogens (tertiary/aromatic N) is 2. The van der Waals surface area contributed by atoms with Crippen molar-refractivity contribution in [2.24, 2.45) is 0 Å². The van der Waals surface area contributed by atoms with Crippen molar-refractivity contribution in [1.82, 2.24) is 9.97 Å². The number of aryl methyl sites for hydroxylation is 1. The molecule has 0 aromatic carbocycles. The minimum absolute atomic E-state index is 0.564. The van der Waals surface area contributed by atoms with Gasteiger partial charge in [0.15, 0.2) is 0 Å². The molecule has 15 heavy (non-hydrogen) atoms. The lowest BCUT2D eigenvalue weighted by molar-refractivity contribution is 0.805. The number of hydrogen-bond acceptors (Lipinski definition) is 5. The summed E-state index contributed by atoms with van der Waals surface area (Å²) in [5.74, 6) is 4.04. The maximum Gasteiger partial charge on any atom is 0.224 e. The summed E-state index contributed by atoms with van der Waals surface area (Å²) in [7, 11) is 1.84. The van der Waals surface area contributed by atoms with E-state index in [0.717, 1.165) is 11.5 Å². The average molecular weight is 224 g/mol. The third-order valence-corrected chi connectivity index (χ3v) is 3.52. The monoisotopic (exact) mass is 224 g/mol. The van der Waals surface area contributed by atoms with Crippen LogP contribution in [0.25, 0.3) is 0 Å². The first-order valence-electron chi connectivity index (χ1n) is 5.15. The van der Waals surface area contributed by atoms with Crippen LogP contribution in [0.15, 0.2) is 6.07 Å². The molecule has 2 heterocycles. The molecule has 5 heteroatoms. The third-order valence-electron chi connectivity index (χ3n) is 2.36. The Bertz CT molecular complexity index is 336. The van der Waals surface area contributed by atoms with Crippen molar-refractivity contribution < 1.29 is 0 Å². The van der Waals surface area contributed by atoms with E-state index in [1.807, 2.05) is 31.8 Å². The van der Waals surface area contributed by atoms with Crippen molar-refractivity contribution in [3.63, 3.8) is 0 Å². The van der Waals surface area contributed by atoms with Gasteiger partial charge < -0.3 is 10.6 Å². The number of anilines is 2. The van der Waals surface area contributed by atoms with Crippen LogP contribution in [0.3, 0.4) is 0 Å². The molecular weight excluding hydrogens is 208 g/mol. The van der Waals surface area contributed by atoms with E-state index in [0.29, 0.717) is 12.0 Å². The van der Waals surface area contributed by atoms with Gasteiger partial charge in [-0.05, 0) is 19.1 Å². The van der Waals surface area contributed by atoms with Gasteiger partial charge in [-0.25, -0.2) is 4.98 Å². The van der Waals surface area contributed by atoms with E-state index in [9.17, 15) is 0 Å². The van der Waals surface area contributed by atoms with Crippen molar-refractivity contribution in [2.75, 3.05) is 29.2 Å². The lowest BCUT2D eigenvalue weighted by Gasteiger charge is -2.13. The minimum atomic E-state index is 0.564. The summed E-state index contributed by atoms with van der Waals surface area (Å²) < 4.78 is 0. The summed E-state index contributed by atoms with van der Waals surface area (Å²) in [5, 5.41) is 6.41. The molecule has 1 atom stereocenters. The minimum Gasteiger partial charge on any atom is -0.366 e. The summed E-state index contributed by atoms with van der Waals surface area (Å²) in [5.41, 5.74) is 0.988. The Hall–Kier alpha value is -0.970. The van der Waals surface area contributed by atoms with Gasteiger partial charge in [0, 0.05) is 30.6 Å². The van der Waals surface area contributed by atoms with Gasteiger partial charge in [-0.2, -0.15) is 16.7 Å². The van der Waals surface area contributed by atoms with Crippen molar-refractivity contribution in [2.45, 2.75) is 19.4 Å². The molecule has 1 saturated heterocycles. The maximum atomic E-state index is 4.37. The molecule has 82 valence electrons. The second-order valence-corrected chi connectivity index (χ2v) is 4.82. The Balaban J connectivity index is 2.09. The fourth-order valence-corrected chi connectivity index (χ4v) is 2.76. The summed E-state index contributed by atoms with van der Waals surface area (Å²) in [6.07, 6.45) is 1.22. The molecule has 0 aliphatic carbocycles. The van der Waals surface area contributed by atoms with Gasteiger partial charge in [0.1, 0.15) is 5.82 Å². The van der Waals surface area contributed by atoms with Crippen LogP contribution in [0.4, 0.5) is 11.8 Å². The first-order valence-corrected chi connectivity index (χ1v) is 6.31. The van der Waals surface area contributed by atoms with E-state index in [-0.39, 0.29) is 0 Å². The molecule has 1 aromatic rings. The highest BCUT2D eigenvalue weighted by molar-refractivity contribution is 7.99. The molecule has 1 unspecified atom stereocenters. The number of thioether (sulfide) groups is 1. The van der Waals surface area contributed by atoms with Gasteiger partial charge in [0.2, 0.25) is 5.95 Å². The molecule has 0 spiro atoms. The Morgan fingerprint density at radius 2 is 2.33 bits per heavy atom. The molecule has 0 bridgehead atoms. The molecule has 1 fully saturated rings. The second-order valence-electron chi connectivity index (χ2n) is 3.67. The predicted octanol–water partition coefficient (Wildman–Crippen LogP) is 1.74. The second kappa shape index (κ2) is 4.70. The summed E-state index contributed by atoms with van der Waals surface area (Å²) in [6.45, 7) is 1.98. The van der Waals surface area contributed by atoms with Gasteiger partial charge in [-0.15, -0.1) is 0 Å². The van der Waals surface area contributed by atoms with E-state index in [1.165, 1.54) is 17.9 Å². The largest absolute Gasteiger partial charge is 0.366 e. The average Bonchev–Trinajstić information content (AvgIpc) is 2.69. The van der Waals surface area contributed by atoms with E-state index in [2.05, 4.69) is 20.6 Å². The summed E-state index contributed by atoms with van der Waals surface area (Å²) in [4.78, 5) is 8.63. The van der Waals surface area contributed by atoms with Gasteiger partial charge in [0.05, 0.1) is 0 Å². The Morgan fingerprint density at radius 1 is 1.47 bits per heavy atom. The molecule has 4 nitrogen and oxygen atoms in total. The maximum absolute atomic E-state index is 4.37. The van der Waals surface area contributed by atoms with Gasteiger partial charge >= 0.3 is 0 Å². The molecule has 0 radical (unpaired) electrons. The topological polar surface area (TPSA) is 49.8 Å². The molecule has 0 amide bonds. The van der Waals surface area contributed by atoms with E-state index in [4.69, 9.17) is 0 Å². The number of nitrogens with one attached hydrogen (secondary N) is 2. The zero-order chi connectivity index (χ0) is 10.7. The molecular formula is C10H16N4S. The smallest absolute Gasteiger partial charge is 0.224 e. The summed E-state index contributed by atoms with van der Waals surface area (Å²) in [6, 6.07) is 2.55. The quantitative estimate of drug-likeness (QED) is 0.819. The highest BCUT2D eigenvalue weighted by Gasteiger charge is 2.15. The SMILES string of the molecule is CNc1nc(C)cc(NC2CCSC2)n1. The van der Waals surface area contributed by atoms with Crippen LogP contribution in [0.5, 0.6) is 0 Å². The molecule has 1 aliphatic rings. The van der Waals surface area contributed by atoms with E-state index < -0.39 is 0 Å². The van der Waals surface area contributed by atoms with Crippen LogP contribution in [-0.4, -0.2) is 34.6 Å². The van der Waals surface area contributed by atoms with Crippen LogP contribution in [0.1, 0.15) is 12.1 Å². The van der Waals surface area contributed by atoms with Gasteiger partial charge in [0.25, 0.3) is 0 Å². The zero-order valence-electron chi connectivity index (χ0n) is 9.08. The van der Waals surface area contributed by atoms with Crippen LogP contribution in [-0.2, 0) is 0 Å². The molecule has 0 saturated carbocycles. The predicted molar refractivity (Wildman–Crippen MR) is 65.7 cm³/mol. The molecule has 2 N–H and O–H groups in total. The highest BCUT2D eigenvalue weighted by Crippen LogP contribution is 2.21. The number of hydrogen-bond donors (Lipinski definition) is 2. The standard InChI is InChI=1S/C10H16N4S/c1-7-5-9(14-10(11-2)12-7)13-8-3-4-15-6-8/h5,8H,3-4,6H2,1-2H3,(H2,11,12,13,14). The fraction of sp³-hybridized carbons (Fsp3) is 0.600. The van der Waals surface area contributed by atoms with Crippen molar-refractivity contribution in [3.05, 3.63) is 11.8 Å². The Morgan fingerprint density at radius 3 is 3.00 bits per heavy atom. The van der Waals surface area contributed by atoms with Crippen molar-refractivity contribution >= 4 is 23.5 Å². The Kier molecular flexibility index (Phi) is 3.30. The van der Waals surface area contributed by atoms with Crippen LogP contribution in [0.2, 0.25) is 0 Å². The summed E-state index contributed by atoms with van der Waals surface area (Å²) >= 11 is 1.99. The highest BCUT2D eigenvalue weighted by atomic mass is 32.2. The van der Waals surface area contributed by atoms with Gasteiger partial charge in [-0.1, -0.05) is 0 Å². The Labute approximate surface area is 94.3 Å².